The maximum atomic E-state index is 12.6. The Morgan fingerprint density at radius 1 is 1.38 bits per heavy atom. The first-order valence-corrected chi connectivity index (χ1v) is 5.79. The van der Waals surface area contributed by atoms with E-state index in [4.69, 9.17) is 4.74 Å². The van der Waals surface area contributed by atoms with Crippen LogP contribution in [0, 0.1) is 0 Å². The number of ether oxygens (including phenoxy) is 1. The molecule has 0 unspecified atom stereocenters. The highest BCUT2D eigenvalue weighted by Gasteiger charge is 2.37. The minimum atomic E-state index is -4.67. The minimum absolute atomic E-state index is 0.0208. The lowest BCUT2D eigenvalue weighted by Gasteiger charge is -2.07. The summed E-state index contributed by atoms with van der Waals surface area (Å²) < 4.78 is 42.8. The Bertz CT molecular complexity index is 622. The zero-order chi connectivity index (χ0) is 15.5. The number of aromatic nitrogens is 3. The van der Waals surface area contributed by atoms with E-state index in [1.165, 1.54) is 13.3 Å². The lowest BCUT2D eigenvalue weighted by Crippen LogP contribution is -2.26. The predicted molar refractivity (Wildman–Crippen MR) is 65.5 cm³/mol. The average molecular weight is 300 g/mol. The number of alkyl halides is 3. The molecular formula is C12H11F3N4O2. The molecule has 2 heterocycles. The minimum Gasteiger partial charge on any atom is -0.495 e. The Hall–Kier alpha value is -2.58. The third kappa shape index (κ3) is 3.50. The molecule has 0 aliphatic heterocycles. The van der Waals surface area contributed by atoms with Crippen molar-refractivity contribution in [2.24, 2.45) is 0 Å². The fourth-order valence-corrected chi connectivity index (χ4v) is 1.57. The van der Waals surface area contributed by atoms with Gasteiger partial charge in [0.25, 0.3) is 5.91 Å². The average Bonchev–Trinajstić information content (AvgIpc) is 2.95. The molecule has 2 aromatic rings. The van der Waals surface area contributed by atoms with Crippen LogP contribution in [0.1, 0.15) is 21.9 Å². The van der Waals surface area contributed by atoms with Crippen LogP contribution < -0.4 is 10.1 Å². The SMILES string of the molecule is COc1ccc(CNC(=O)c2nc[nH]c2C(F)(F)F)nc1. The van der Waals surface area contributed by atoms with Crippen LogP contribution in [0.25, 0.3) is 0 Å². The van der Waals surface area contributed by atoms with Crippen molar-refractivity contribution in [2.45, 2.75) is 12.7 Å². The third-order valence-corrected chi connectivity index (χ3v) is 2.60. The Morgan fingerprint density at radius 2 is 2.14 bits per heavy atom. The van der Waals surface area contributed by atoms with Gasteiger partial charge in [0.2, 0.25) is 0 Å². The van der Waals surface area contributed by atoms with Crippen molar-refractivity contribution in [1.29, 1.82) is 0 Å². The molecule has 112 valence electrons. The quantitative estimate of drug-likeness (QED) is 0.901. The highest BCUT2D eigenvalue weighted by atomic mass is 19.4. The molecular weight excluding hydrogens is 289 g/mol. The Balaban J connectivity index is 2.03. The van der Waals surface area contributed by atoms with Gasteiger partial charge >= 0.3 is 6.18 Å². The van der Waals surface area contributed by atoms with Crippen LogP contribution in [0.15, 0.2) is 24.7 Å². The van der Waals surface area contributed by atoms with Crippen molar-refractivity contribution < 1.29 is 22.7 Å². The third-order valence-electron chi connectivity index (χ3n) is 2.60. The number of halogens is 3. The van der Waals surface area contributed by atoms with E-state index < -0.39 is 23.5 Å². The van der Waals surface area contributed by atoms with E-state index in [0.717, 1.165) is 6.33 Å². The molecule has 1 amide bonds. The maximum absolute atomic E-state index is 12.6. The number of carbonyl (C=O) groups is 1. The van der Waals surface area contributed by atoms with E-state index in [1.54, 1.807) is 12.1 Å². The Labute approximate surface area is 117 Å². The first-order chi connectivity index (χ1) is 9.91. The van der Waals surface area contributed by atoms with Gasteiger partial charge in [-0.1, -0.05) is 0 Å². The number of aromatic amines is 1. The van der Waals surface area contributed by atoms with Gasteiger partial charge in [-0.25, -0.2) is 4.98 Å². The smallest absolute Gasteiger partial charge is 0.433 e. The highest BCUT2D eigenvalue weighted by molar-refractivity contribution is 5.93. The molecule has 0 atom stereocenters. The molecule has 0 aliphatic rings. The molecule has 0 aliphatic carbocycles. The number of imidazole rings is 1. The van der Waals surface area contributed by atoms with E-state index in [9.17, 15) is 18.0 Å². The van der Waals surface area contributed by atoms with Gasteiger partial charge in [-0.2, -0.15) is 13.2 Å². The number of pyridine rings is 1. The van der Waals surface area contributed by atoms with Gasteiger partial charge in [-0.05, 0) is 12.1 Å². The van der Waals surface area contributed by atoms with E-state index >= 15 is 0 Å². The van der Waals surface area contributed by atoms with Crippen LogP contribution >= 0.6 is 0 Å². The van der Waals surface area contributed by atoms with Gasteiger partial charge in [-0.15, -0.1) is 0 Å². The summed E-state index contributed by atoms with van der Waals surface area (Å²) >= 11 is 0. The number of rotatable bonds is 4. The summed E-state index contributed by atoms with van der Waals surface area (Å²) in [6.07, 6.45) is -2.40. The maximum Gasteiger partial charge on any atom is 0.433 e. The van der Waals surface area contributed by atoms with Crippen molar-refractivity contribution in [1.82, 2.24) is 20.3 Å². The zero-order valence-corrected chi connectivity index (χ0v) is 10.9. The fourth-order valence-electron chi connectivity index (χ4n) is 1.57. The van der Waals surface area contributed by atoms with Crippen molar-refractivity contribution >= 4 is 5.91 Å². The molecule has 2 rings (SSSR count). The van der Waals surface area contributed by atoms with Crippen LogP contribution in [0.4, 0.5) is 13.2 Å². The molecule has 0 aromatic carbocycles. The van der Waals surface area contributed by atoms with Crippen LogP contribution in [0.3, 0.4) is 0 Å². The van der Waals surface area contributed by atoms with Gasteiger partial charge in [0.15, 0.2) is 11.4 Å². The van der Waals surface area contributed by atoms with Crippen molar-refractivity contribution in [3.05, 3.63) is 41.7 Å². The van der Waals surface area contributed by atoms with Crippen LogP contribution in [-0.4, -0.2) is 28.0 Å². The van der Waals surface area contributed by atoms with Crippen LogP contribution in [0.5, 0.6) is 5.75 Å². The predicted octanol–water partition coefficient (Wildman–Crippen LogP) is 1.76. The summed E-state index contributed by atoms with van der Waals surface area (Å²) in [7, 11) is 1.48. The monoisotopic (exact) mass is 300 g/mol. The topological polar surface area (TPSA) is 79.9 Å². The molecule has 21 heavy (non-hydrogen) atoms. The van der Waals surface area contributed by atoms with Gasteiger partial charge < -0.3 is 15.0 Å². The summed E-state index contributed by atoms with van der Waals surface area (Å²) in [4.78, 5) is 21.0. The normalized spacial score (nSPS) is 11.2. The van der Waals surface area contributed by atoms with E-state index in [1.807, 2.05) is 4.98 Å². The molecule has 2 aromatic heterocycles. The number of carbonyl (C=O) groups excluding carboxylic acids is 1. The first kappa shape index (κ1) is 14.8. The van der Waals surface area contributed by atoms with Crippen molar-refractivity contribution in [3.8, 4) is 5.75 Å². The van der Waals surface area contributed by atoms with Gasteiger partial charge in [0.1, 0.15) is 5.75 Å². The molecule has 6 nitrogen and oxygen atoms in total. The molecule has 0 saturated heterocycles. The summed E-state index contributed by atoms with van der Waals surface area (Å²) in [6, 6.07) is 3.22. The highest BCUT2D eigenvalue weighted by Crippen LogP contribution is 2.29. The number of hydrogen-bond acceptors (Lipinski definition) is 4. The molecule has 0 saturated carbocycles. The molecule has 0 bridgehead atoms. The second-order valence-corrected chi connectivity index (χ2v) is 4.00. The Morgan fingerprint density at radius 3 is 2.71 bits per heavy atom. The number of amides is 1. The second kappa shape index (κ2) is 5.81. The second-order valence-electron chi connectivity index (χ2n) is 4.00. The number of nitrogens with one attached hydrogen (secondary N) is 2. The molecule has 2 N–H and O–H groups in total. The number of methoxy groups -OCH3 is 1. The summed E-state index contributed by atoms with van der Waals surface area (Å²) in [5.74, 6) is -0.391. The summed E-state index contributed by atoms with van der Waals surface area (Å²) in [5.41, 5.74) is -1.40. The van der Waals surface area contributed by atoms with E-state index in [2.05, 4.69) is 15.3 Å². The standard InChI is InChI=1S/C12H11F3N4O2/c1-21-8-3-2-7(16-5-8)4-17-11(20)9-10(12(13,14)15)19-6-18-9/h2-3,5-6H,4H2,1H3,(H,17,20)(H,18,19). The first-order valence-electron chi connectivity index (χ1n) is 5.79. The number of H-pyrrole nitrogens is 1. The van der Waals surface area contributed by atoms with Crippen LogP contribution in [-0.2, 0) is 12.7 Å². The zero-order valence-electron chi connectivity index (χ0n) is 10.9. The summed E-state index contributed by atoms with van der Waals surface area (Å²) in [5, 5.41) is 2.33. The van der Waals surface area contributed by atoms with E-state index in [-0.39, 0.29) is 6.54 Å². The van der Waals surface area contributed by atoms with Gasteiger partial charge in [0.05, 0.1) is 31.9 Å². The summed E-state index contributed by atoms with van der Waals surface area (Å²) in [6.45, 7) is -0.0208. The van der Waals surface area contributed by atoms with Gasteiger partial charge in [0, 0.05) is 0 Å². The van der Waals surface area contributed by atoms with Gasteiger partial charge in [-0.3, -0.25) is 9.78 Å². The number of nitrogens with zero attached hydrogens (tertiary/aromatic N) is 2. The molecule has 0 fully saturated rings. The van der Waals surface area contributed by atoms with Crippen molar-refractivity contribution in [2.75, 3.05) is 7.11 Å². The lowest BCUT2D eigenvalue weighted by molar-refractivity contribution is -0.141. The van der Waals surface area contributed by atoms with Crippen molar-refractivity contribution in [3.63, 3.8) is 0 Å². The molecule has 9 heteroatoms. The molecule has 0 radical (unpaired) electrons. The van der Waals surface area contributed by atoms with Crippen LogP contribution in [0.2, 0.25) is 0 Å². The fraction of sp³-hybridized carbons (Fsp3) is 0.250. The Kier molecular flexibility index (Phi) is 4.10. The lowest BCUT2D eigenvalue weighted by atomic mass is 10.3. The largest absolute Gasteiger partial charge is 0.495 e. The molecule has 0 spiro atoms. The van der Waals surface area contributed by atoms with E-state index in [0.29, 0.717) is 11.4 Å². The number of hydrogen-bond donors (Lipinski definition) is 2.